The largest absolute Gasteiger partial charge is 0.370 e. The van der Waals surface area contributed by atoms with E-state index in [1.165, 1.54) is 32.9 Å². The summed E-state index contributed by atoms with van der Waals surface area (Å²) in [4.78, 5) is 11.4. The van der Waals surface area contributed by atoms with Gasteiger partial charge in [0.15, 0.2) is 0 Å². The molecule has 2 aliphatic rings. The van der Waals surface area contributed by atoms with E-state index in [9.17, 15) is 0 Å². The van der Waals surface area contributed by atoms with Crippen molar-refractivity contribution >= 4 is 32.9 Å². The summed E-state index contributed by atoms with van der Waals surface area (Å²) in [5.41, 5.74) is 6.48. The van der Waals surface area contributed by atoms with Gasteiger partial charge in [-0.25, -0.2) is 4.98 Å². The van der Waals surface area contributed by atoms with E-state index >= 15 is 0 Å². The first-order valence-electron chi connectivity index (χ1n) is 10.7. The summed E-state index contributed by atoms with van der Waals surface area (Å²) in [6.07, 6.45) is 1.25. The topological polar surface area (TPSA) is 31.4 Å². The molecule has 2 saturated heterocycles. The van der Waals surface area contributed by atoms with Gasteiger partial charge in [0.05, 0.1) is 21.6 Å². The van der Waals surface area contributed by atoms with E-state index in [1.807, 2.05) is 11.3 Å². The molecule has 0 aliphatic carbocycles. The Balaban J connectivity index is 1.51. The molecule has 0 spiro atoms. The number of aromatic nitrogens is 1. The third kappa shape index (κ3) is 3.74. The highest BCUT2D eigenvalue weighted by atomic mass is 32.1. The maximum absolute atomic E-state index is 5.04. The van der Waals surface area contributed by atoms with Crippen LogP contribution in [-0.2, 0) is 0 Å². The number of nitrogens with one attached hydrogen (secondary N) is 1. The van der Waals surface area contributed by atoms with E-state index in [1.54, 1.807) is 0 Å². The van der Waals surface area contributed by atoms with E-state index in [4.69, 9.17) is 4.98 Å². The molecule has 0 saturated carbocycles. The van der Waals surface area contributed by atoms with Gasteiger partial charge in [-0.1, -0.05) is 26.0 Å². The summed E-state index contributed by atoms with van der Waals surface area (Å²) in [6.45, 7) is 13.5. The molecule has 4 heterocycles. The number of fused-ring (bicyclic) bond motifs is 1. The van der Waals surface area contributed by atoms with Crippen molar-refractivity contribution in [3.63, 3.8) is 0 Å². The van der Waals surface area contributed by atoms with Gasteiger partial charge < -0.3 is 15.1 Å². The monoisotopic (exact) mass is 406 g/mol. The number of anilines is 2. The normalized spacial score (nSPS) is 19.3. The molecule has 0 radical (unpaired) electrons. The molecule has 0 bridgehead atoms. The third-order valence-corrected chi connectivity index (χ3v) is 7.31. The minimum absolute atomic E-state index is 0.382. The van der Waals surface area contributed by atoms with E-state index in [0.717, 1.165) is 50.5 Å². The average Bonchev–Trinajstić information content (AvgIpc) is 3.29. The first-order chi connectivity index (χ1) is 14.0. The Morgan fingerprint density at radius 2 is 1.76 bits per heavy atom. The molecule has 0 amide bonds. The van der Waals surface area contributed by atoms with Crippen LogP contribution >= 0.6 is 11.3 Å². The third-order valence-electron chi connectivity index (χ3n) is 6.25. The fraction of sp³-hybridized carbons (Fsp3) is 0.458. The van der Waals surface area contributed by atoms with Crippen molar-refractivity contribution in [1.82, 2.24) is 10.3 Å². The highest BCUT2D eigenvalue weighted by Gasteiger charge is 2.30. The quantitative estimate of drug-likeness (QED) is 0.669. The summed E-state index contributed by atoms with van der Waals surface area (Å²) in [7, 11) is 0. The molecule has 2 aromatic heterocycles. The number of thiophene rings is 1. The predicted molar refractivity (Wildman–Crippen MR) is 125 cm³/mol. The number of hydrogen-bond acceptors (Lipinski definition) is 5. The molecule has 2 aliphatic heterocycles. The number of benzene rings is 1. The van der Waals surface area contributed by atoms with Crippen molar-refractivity contribution < 1.29 is 0 Å². The molecule has 29 heavy (non-hydrogen) atoms. The molecule has 1 aromatic carbocycles. The lowest BCUT2D eigenvalue weighted by molar-refractivity contribution is 0.418. The number of pyridine rings is 1. The van der Waals surface area contributed by atoms with E-state index in [0.29, 0.717) is 5.41 Å². The predicted octanol–water partition coefficient (Wildman–Crippen LogP) is 4.92. The summed E-state index contributed by atoms with van der Waals surface area (Å²) in [5.74, 6) is 0. The molecule has 0 atom stereocenters. The number of aryl methyl sites for hydroxylation is 1. The summed E-state index contributed by atoms with van der Waals surface area (Å²) in [5, 5.41) is 3.42. The molecule has 5 heteroatoms. The highest BCUT2D eigenvalue weighted by Crippen LogP contribution is 2.40. The van der Waals surface area contributed by atoms with Crippen LogP contribution in [0.4, 0.5) is 11.4 Å². The SMILES string of the molecule is Cc1cc2nc(-c3ccc(N4CCNCC4)cc3)cc(N3CCC(C)(C)C3)c2s1. The van der Waals surface area contributed by atoms with Crippen molar-refractivity contribution in [3.05, 3.63) is 41.3 Å². The Morgan fingerprint density at radius 3 is 2.45 bits per heavy atom. The van der Waals surface area contributed by atoms with Gasteiger partial charge in [0.2, 0.25) is 0 Å². The van der Waals surface area contributed by atoms with Crippen LogP contribution in [0.25, 0.3) is 21.5 Å². The Labute approximate surface area is 177 Å². The molecule has 3 aromatic rings. The summed E-state index contributed by atoms with van der Waals surface area (Å²) < 4.78 is 1.33. The molecule has 4 nitrogen and oxygen atoms in total. The van der Waals surface area contributed by atoms with Crippen LogP contribution in [0.3, 0.4) is 0 Å². The number of nitrogens with zero attached hydrogens (tertiary/aromatic N) is 3. The maximum atomic E-state index is 5.04. The fourth-order valence-electron chi connectivity index (χ4n) is 4.59. The van der Waals surface area contributed by atoms with Gasteiger partial charge in [0.1, 0.15) is 0 Å². The second-order valence-corrected chi connectivity index (χ2v) is 10.5. The van der Waals surface area contributed by atoms with Gasteiger partial charge in [-0.2, -0.15) is 0 Å². The van der Waals surface area contributed by atoms with Crippen LogP contribution in [-0.4, -0.2) is 44.3 Å². The Hall–Kier alpha value is -2.11. The van der Waals surface area contributed by atoms with Crippen LogP contribution in [0.15, 0.2) is 36.4 Å². The van der Waals surface area contributed by atoms with Gasteiger partial charge in [0, 0.05) is 55.4 Å². The molecule has 1 N–H and O–H groups in total. The fourth-order valence-corrected chi connectivity index (χ4v) is 5.59. The second-order valence-electron chi connectivity index (χ2n) is 9.22. The minimum atomic E-state index is 0.382. The second kappa shape index (κ2) is 7.29. The van der Waals surface area contributed by atoms with E-state index in [2.05, 4.69) is 72.3 Å². The van der Waals surface area contributed by atoms with Gasteiger partial charge in [0.25, 0.3) is 0 Å². The van der Waals surface area contributed by atoms with Gasteiger partial charge in [-0.05, 0) is 43.0 Å². The zero-order chi connectivity index (χ0) is 20.0. The Bertz CT molecular complexity index is 1020. The van der Waals surface area contributed by atoms with Crippen molar-refractivity contribution in [2.45, 2.75) is 27.2 Å². The van der Waals surface area contributed by atoms with Crippen molar-refractivity contribution in [2.75, 3.05) is 49.1 Å². The maximum Gasteiger partial charge on any atom is 0.0841 e. The number of rotatable bonds is 3. The standard InChI is InChI=1S/C24H30N4S/c1-17-14-21-23(29-17)22(28-11-8-24(2,3)16-28)15-20(26-21)18-4-6-19(7-5-18)27-12-9-25-10-13-27/h4-7,14-15,25H,8-13,16H2,1-3H3. The van der Waals surface area contributed by atoms with Crippen molar-refractivity contribution in [1.29, 1.82) is 0 Å². The van der Waals surface area contributed by atoms with Crippen LogP contribution in [0, 0.1) is 12.3 Å². The van der Waals surface area contributed by atoms with Crippen LogP contribution in [0.5, 0.6) is 0 Å². The molecular weight excluding hydrogens is 376 g/mol. The van der Waals surface area contributed by atoms with Crippen molar-refractivity contribution in [3.8, 4) is 11.3 Å². The zero-order valence-electron chi connectivity index (χ0n) is 17.7. The highest BCUT2D eigenvalue weighted by molar-refractivity contribution is 7.19. The molecule has 5 rings (SSSR count). The van der Waals surface area contributed by atoms with Crippen LogP contribution in [0.1, 0.15) is 25.1 Å². The Kier molecular flexibility index (Phi) is 4.75. The molecule has 0 unspecified atom stereocenters. The zero-order valence-corrected chi connectivity index (χ0v) is 18.5. The first-order valence-corrected chi connectivity index (χ1v) is 11.5. The van der Waals surface area contributed by atoms with E-state index < -0.39 is 0 Å². The lowest BCUT2D eigenvalue weighted by Crippen LogP contribution is -2.43. The van der Waals surface area contributed by atoms with Crippen molar-refractivity contribution in [2.24, 2.45) is 5.41 Å². The molecule has 2 fully saturated rings. The summed E-state index contributed by atoms with van der Waals surface area (Å²) in [6, 6.07) is 13.5. The Morgan fingerprint density at radius 1 is 1.00 bits per heavy atom. The minimum Gasteiger partial charge on any atom is -0.370 e. The van der Waals surface area contributed by atoms with Gasteiger partial charge in [-0.15, -0.1) is 11.3 Å². The lowest BCUT2D eigenvalue weighted by Gasteiger charge is -2.29. The number of piperazine rings is 1. The van der Waals surface area contributed by atoms with Gasteiger partial charge in [-0.3, -0.25) is 0 Å². The lowest BCUT2D eigenvalue weighted by atomic mass is 9.93. The van der Waals surface area contributed by atoms with Crippen LogP contribution < -0.4 is 15.1 Å². The molecule has 152 valence electrons. The first kappa shape index (κ1) is 18.9. The average molecular weight is 407 g/mol. The summed E-state index contributed by atoms with van der Waals surface area (Å²) >= 11 is 1.87. The van der Waals surface area contributed by atoms with Gasteiger partial charge >= 0.3 is 0 Å². The molecular formula is C24H30N4S. The number of hydrogen-bond donors (Lipinski definition) is 1. The van der Waals surface area contributed by atoms with E-state index in [-0.39, 0.29) is 0 Å². The smallest absolute Gasteiger partial charge is 0.0841 e. The van der Waals surface area contributed by atoms with Crippen LogP contribution in [0.2, 0.25) is 0 Å².